The number of carbonyl (C=O) groups is 1. The summed E-state index contributed by atoms with van der Waals surface area (Å²) in [6, 6.07) is 0. The Morgan fingerprint density at radius 2 is 1.92 bits per heavy atom. The molecule has 0 N–H and O–H groups in total. The highest BCUT2D eigenvalue weighted by atomic mass is 19.4. The van der Waals surface area contributed by atoms with Crippen molar-refractivity contribution in [3.05, 3.63) is 0 Å². The summed E-state index contributed by atoms with van der Waals surface area (Å²) >= 11 is 0. The number of ether oxygens (including phenoxy) is 1. The van der Waals surface area contributed by atoms with E-state index in [2.05, 4.69) is 4.74 Å². The van der Waals surface area contributed by atoms with E-state index in [9.17, 15) is 18.0 Å². The predicted octanol–water partition coefficient (Wildman–Crippen LogP) is 2.67. The molecule has 0 aromatic carbocycles. The van der Waals surface area contributed by atoms with Crippen molar-refractivity contribution < 1.29 is 22.7 Å². The average molecular weight is 198 g/mol. The van der Waals surface area contributed by atoms with E-state index in [-0.39, 0.29) is 6.42 Å². The molecule has 0 aromatic rings. The fraction of sp³-hybridized carbons (Fsp3) is 0.875. The van der Waals surface area contributed by atoms with Crippen LogP contribution >= 0.6 is 0 Å². The smallest absolute Gasteiger partial charge is 0.297 e. The lowest BCUT2D eigenvalue weighted by atomic mass is 10.1. The Morgan fingerprint density at radius 1 is 1.31 bits per heavy atom. The second-order valence-corrected chi connectivity index (χ2v) is 2.73. The minimum Gasteiger partial charge on any atom is -0.297 e. The lowest BCUT2D eigenvalue weighted by molar-refractivity contribution is -0.320. The number of carbonyl (C=O) groups excluding carboxylic acids is 1. The van der Waals surface area contributed by atoms with Crippen molar-refractivity contribution in [1.82, 2.24) is 0 Å². The molecule has 0 saturated carbocycles. The normalized spacial score (nSPS) is 11.7. The van der Waals surface area contributed by atoms with Crippen LogP contribution in [0.1, 0.15) is 32.6 Å². The lowest BCUT2D eigenvalue weighted by Crippen LogP contribution is -2.19. The molecule has 0 spiro atoms. The number of hydrogen-bond acceptors (Lipinski definition) is 2. The molecular weight excluding hydrogens is 185 g/mol. The summed E-state index contributed by atoms with van der Waals surface area (Å²) in [6.45, 7) is 1.10. The largest absolute Gasteiger partial charge is 0.522 e. The summed E-state index contributed by atoms with van der Waals surface area (Å²) in [6.07, 6.45) is -2.09. The summed E-state index contributed by atoms with van der Waals surface area (Å²) < 4.78 is 37.7. The topological polar surface area (TPSA) is 26.3 Å². The van der Waals surface area contributed by atoms with Gasteiger partial charge in [-0.1, -0.05) is 19.8 Å². The van der Waals surface area contributed by atoms with Crippen LogP contribution in [0.5, 0.6) is 0 Å². The van der Waals surface area contributed by atoms with Gasteiger partial charge in [0.25, 0.3) is 0 Å². The highest BCUT2D eigenvalue weighted by Crippen LogP contribution is 2.16. The maximum absolute atomic E-state index is 11.4. The number of rotatable bonds is 6. The van der Waals surface area contributed by atoms with E-state index in [1.165, 1.54) is 0 Å². The molecule has 0 amide bonds. The number of hydrogen-bond donors (Lipinski definition) is 0. The Labute approximate surface area is 75.1 Å². The second-order valence-electron chi connectivity index (χ2n) is 2.73. The Morgan fingerprint density at radius 3 is 2.38 bits per heavy atom. The molecule has 2 nitrogen and oxygen atoms in total. The van der Waals surface area contributed by atoms with E-state index < -0.39 is 18.8 Å². The zero-order valence-electron chi connectivity index (χ0n) is 7.49. The molecule has 0 rings (SSSR count). The Kier molecular flexibility index (Phi) is 5.70. The van der Waals surface area contributed by atoms with Gasteiger partial charge in [0.1, 0.15) is 6.61 Å². The molecule has 0 fully saturated rings. The van der Waals surface area contributed by atoms with Gasteiger partial charge in [0.2, 0.25) is 0 Å². The summed E-state index contributed by atoms with van der Waals surface area (Å²) in [7, 11) is 0. The van der Waals surface area contributed by atoms with Crippen LogP contribution in [0.3, 0.4) is 0 Å². The maximum atomic E-state index is 11.4. The van der Waals surface area contributed by atoms with Crippen molar-refractivity contribution in [2.75, 3.05) is 6.61 Å². The van der Waals surface area contributed by atoms with Crippen LogP contribution in [0.25, 0.3) is 0 Å². The molecule has 0 aliphatic heterocycles. The Hall–Kier alpha value is -0.580. The van der Waals surface area contributed by atoms with E-state index in [1.807, 2.05) is 6.92 Å². The first kappa shape index (κ1) is 12.4. The lowest BCUT2D eigenvalue weighted by Gasteiger charge is -2.05. The zero-order valence-corrected chi connectivity index (χ0v) is 7.49. The number of ketones is 1. The van der Waals surface area contributed by atoms with Gasteiger partial charge in [0.05, 0.1) is 0 Å². The molecule has 0 saturated heterocycles. The van der Waals surface area contributed by atoms with Gasteiger partial charge in [-0.15, -0.1) is 13.2 Å². The number of unbranched alkanes of at least 4 members (excludes halogenated alkanes) is 2. The Balaban J connectivity index is 3.41. The second kappa shape index (κ2) is 5.96. The number of Topliss-reactive ketones (excluding diaryl/α,β-unsaturated/α-hetero) is 1. The fourth-order valence-corrected chi connectivity index (χ4v) is 0.807. The minimum atomic E-state index is -4.69. The van der Waals surface area contributed by atoms with Gasteiger partial charge >= 0.3 is 6.36 Å². The van der Waals surface area contributed by atoms with Gasteiger partial charge < -0.3 is 0 Å². The minimum absolute atomic E-state index is 0.171. The molecule has 0 heterocycles. The third-order valence-corrected chi connectivity index (χ3v) is 1.46. The van der Waals surface area contributed by atoms with Crippen LogP contribution < -0.4 is 0 Å². The molecule has 0 bridgehead atoms. The first-order valence-corrected chi connectivity index (χ1v) is 4.18. The van der Waals surface area contributed by atoms with E-state index in [1.54, 1.807) is 0 Å². The van der Waals surface area contributed by atoms with Crippen molar-refractivity contribution >= 4 is 5.78 Å². The van der Waals surface area contributed by atoms with E-state index in [4.69, 9.17) is 0 Å². The first-order chi connectivity index (χ1) is 5.95. The molecule has 78 valence electrons. The van der Waals surface area contributed by atoms with Gasteiger partial charge in [-0.05, 0) is 6.42 Å². The molecule has 0 radical (unpaired) electrons. The Bertz CT molecular complexity index is 154. The third-order valence-electron chi connectivity index (χ3n) is 1.46. The van der Waals surface area contributed by atoms with E-state index in [0.29, 0.717) is 6.42 Å². The molecule has 13 heavy (non-hydrogen) atoms. The predicted molar refractivity (Wildman–Crippen MR) is 41.2 cm³/mol. The van der Waals surface area contributed by atoms with Crippen molar-refractivity contribution in [2.45, 2.75) is 39.0 Å². The van der Waals surface area contributed by atoms with Crippen molar-refractivity contribution in [3.8, 4) is 0 Å². The van der Waals surface area contributed by atoms with Crippen LogP contribution in [-0.2, 0) is 9.53 Å². The first-order valence-electron chi connectivity index (χ1n) is 4.18. The molecule has 0 aliphatic carbocycles. The van der Waals surface area contributed by atoms with Gasteiger partial charge in [0, 0.05) is 6.42 Å². The van der Waals surface area contributed by atoms with E-state index in [0.717, 1.165) is 12.8 Å². The van der Waals surface area contributed by atoms with Crippen molar-refractivity contribution in [1.29, 1.82) is 0 Å². The van der Waals surface area contributed by atoms with Crippen LogP contribution in [0.4, 0.5) is 13.2 Å². The highest BCUT2D eigenvalue weighted by molar-refractivity contribution is 5.79. The monoisotopic (exact) mass is 198 g/mol. The van der Waals surface area contributed by atoms with Gasteiger partial charge in [-0.2, -0.15) is 0 Å². The standard InChI is InChI=1S/C8H13F3O2/c1-2-3-4-5-7(12)6-13-8(9,10)11/h2-6H2,1H3. The third kappa shape index (κ3) is 9.33. The van der Waals surface area contributed by atoms with Crippen molar-refractivity contribution in [3.63, 3.8) is 0 Å². The summed E-state index contributed by atoms with van der Waals surface area (Å²) in [5, 5.41) is 0. The zero-order chi connectivity index (χ0) is 10.3. The molecule has 0 unspecified atom stereocenters. The maximum Gasteiger partial charge on any atom is 0.522 e. The molecule has 0 aromatic heterocycles. The molecular formula is C8H13F3O2. The summed E-state index contributed by atoms with van der Waals surface area (Å²) in [5.41, 5.74) is 0. The van der Waals surface area contributed by atoms with Crippen LogP contribution in [0, 0.1) is 0 Å². The van der Waals surface area contributed by atoms with Gasteiger partial charge in [-0.25, -0.2) is 0 Å². The highest BCUT2D eigenvalue weighted by Gasteiger charge is 2.29. The van der Waals surface area contributed by atoms with Crippen molar-refractivity contribution in [2.24, 2.45) is 0 Å². The SMILES string of the molecule is CCCCCC(=O)COC(F)(F)F. The molecule has 0 aliphatic rings. The summed E-state index contributed by atoms with van der Waals surface area (Å²) in [4.78, 5) is 10.7. The number of alkyl halides is 3. The van der Waals surface area contributed by atoms with Crippen LogP contribution in [0.15, 0.2) is 0 Å². The quantitative estimate of drug-likeness (QED) is 0.613. The van der Waals surface area contributed by atoms with Crippen LogP contribution in [-0.4, -0.2) is 18.8 Å². The van der Waals surface area contributed by atoms with Gasteiger partial charge in [0.15, 0.2) is 5.78 Å². The molecule has 5 heteroatoms. The fourth-order valence-electron chi connectivity index (χ4n) is 0.807. The number of halogens is 3. The van der Waals surface area contributed by atoms with Crippen LogP contribution in [0.2, 0.25) is 0 Å². The van der Waals surface area contributed by atoms with E-state index >= 15 is 0 Å². The van der Waals surface area contributed by atoms with Gasteiger partial charge in [-0.3, -0.25) is 9.53 Å². The molecule has 0 atom stereocenters. The summed E-state index contributed by atoms with van der Waals surface area (Å²) in [5.74, 6) is -0.495. The average Bonchev–Trinajstić information content (AvgIpc) is 2.00.